The third-order valence-corrected chi connectivity index (χ3v) is 5.80. The number of benzene rings is 1. The number of rotatable bonds is 10. The van der Waals surface area contributed by atoms with Crippen molar-refractivity contribution in [2.45, 2.75) is 71.9 Å². The van der Waals surface area contributed by atoms with Gasteiger partial charge in [0.05, 0.1) is 6.54 Å². The van der Waals surface area contributed by atoms with Gasteiger partial charge in [-0.25, -0.2) is 0 Å². The molecule has 0 bridgehead atoms. The van der Waals surface area contributed by atoms with Crippen LogP contribution < -0.4 is 5.32 Å². The van der Waals surface area contributed by atoms with Crippen molar-refractivity contribution in [1.29, 1.82) is 0 Å². The highest BCUT2D eigenvalue weighted by atomic mass is 16.5. The highest BCUT2D eigenvalue weighted by Gasteiger charge is 2.21. The number of hydrogen-bond donors (Lipinski definition) is 1. The number of carbonyl (C=O) groups is 2. The summed E-state index contributed by atoms with van der Waals surface area (Å²) in [4.78, 5) is 26.9. The lowest BCUT2D eigenvalue weighted by atomic mass is 10.0. The Kier molecular flexibility index (Phi) is 8.05. The van der Waals surface area contributed by atoms with Gasteiger partial charge in [0.2, 0.25) is 5.91 Å². The Labute approximate surface area is 179 Å². The molecule has 1 aliphatic carbocycles. The van der Waals surface area contributed by atoms with E-state index in [9.17, 15) is 9.59 Å². The van der Waals surface area contributed by atoms with Crippen LogP contribution >= 0.6 is 0 Å². The maximum atomic E-state index is 12.7. The van der Waals surface area contributed by atoms with Crippen molar-refractivity contribution in [3.05, 3.63) is 52.9 Å². The largest absolute Gasteiger partial charge is 0.359 e. The normalized spacial score (nSPS) is 14.1. The maximum Gasteiger partial charge on any atom is 0.273 e. The third kappa shape index (κ3) is 6.44. The van der Waals surface area contributed by atoms with Gasteiger partial charge >= 0.3 is 0 Å². The Hall–Kier alpha value is -2.63. The van der Waals surface area contributed by atoms with Gasteiger partial charge in [-0.1, -0.05) is 67.6 Å². The third-order valence-electron chi connectivity index (χ3n) is 5.80. The number of amides is 2. The van der Waals surface area contributed by atoms with Crippen molar-refractivity contribution >= 4 is 11.8 Å². The van der Waals surface area contributed by atoms with Crippen LogP contribution in [-0.2, 0) is 17.9 Å². The van der Waals surface area contributed by atoms with Crippen molar-refractivity contribution in [3.63, 3.8) is 0 Å². The van der Waals surface area contributed by atoms with E-state index in [4.69, 9.17) is 4.52 Å². The molecule has 3 rings (SSSR count). The molecular formula is C24H33N3O3. The van der Waals surface area contributed by atoms with Crippen LogP contribution in [0.3, 0.4) is 0 Å². The van der Waals surface area contributed by atoms with E-state index < -0.39 is 0 Å². The molecule has 30 heavy (non-hydrogen) atoms. The van der Waals surface area contributed by atoms with Crippen LogP contribution in [0.1, 0.15) is 79.2 Å². The first kappa shape index (κ1) is 22.1. The number of aryl methyl sites for hydroxylation is 1. The van der Waals surface area contributed by atoms with E-state index in [1.165, 1.54) is 31.2 Å². The van der Waals surface area contributed by atoms with Gasteiger partial charge in [-0.05, 0) is 31.2 Å². The molecule has 1 heterocycles. The first-order valence-electron chi connectivity index (χ1n) is 11.1. The molecule has 2 amide bonds. The highest BCUT2D eigenvalue weighted by molar-refractivity contribution is 5.92. The van der Waals surface area contributed by atoms with Crippen molar-refractivity contribution < 1.29 is 14.1 Å². The molecule has 0 atom stereocenters. The summed E-state index contributed by atoms with van der Waals surface area (Å²) in [5.74, 6) is 1.12. The molecule has 0 unspecified atom stereocenters. The minimum absolute atomic E-state index is 0.158. The quantitative estimate of drug-likeness (QED) is 0.619. The summed E-state index contributed by atoms with van der Waals surface area (Å²) in [5.41, 5.74) is 2.45. The zero-order valence-electron chi connectivity index (χ0n) is 18.2. The minimum atomic E-state index is -0.278. The Morgan fingerprint density at radius 3 is 2.63 bits per heavy atom. The Morgan fingerprint density at radius 2 is 1.93 bits per heavy atom. The van der Waals surface area contributed by atoms with E-state index in [1.807, 2.05) is 36.1 Å². The topological polar surface area (TPSA) is 75.4 Å². The summed E-state index contributed by atoms with van der Waals surface area (Å²) >= 11 is 0. The average molecular weight is 412 g/mol. The maximum absolute atomic E-state index is 12.7. The molecule has 1 aromatic carbocycles. The van der Waals surface area contributed by atoms with Crippen LogP contribution in [0, 0.1) is 12.8 Å². The standard InChI is InChI=1S/C24H33N3O3/c1-3-14-27(23(28)13-12-19-6-4-5-7-19)17-21-15-22(26-30-21)24(29)25-16-20-10-8-18(2)9-11-20/h8-11,15,19H,3-7,12-14,16-17H2,1-2H3,(H,25,29). The summed E-state index contributed by atoms with van der Waals surface area (Å²) in [5, 5.41) is 6.76. The fourth-order valence-corrected chi connectivity index (χ4v) is 4.01. The molecule has 0 aliphatic heterocycles. The van der Waals surface area contributed by atoms with Crippen molar-refractivity contribution in [3.8, 4) is 0 Å². The van der Waals surface area contributed by atoms with Gasteiger partial charge in [0, 0.05) is 25.6 Å². The van der Waals surface area contributed by atoms with Crippen molar-refractivity contribution in [2.24, 2.45) is 5.92 Å². The number of aromatic nitrogens is 1. The zero-order chi connectivity index (χ0) is 21.3. The van der Waals surface area contributed by atoms with Gasteiger partial charge < -0.3 is 14.7 Å². The lowest BCUT2D eigenvalue weighted by molar-refractivity contribution is -0.132. The number of hydrogen-bond acceptors (Lipinski definition) is 4. The number of nitrogens with zero attached hydrogens (tertiary/aromatic N) is 2. The molecule has 1 saturated carbocycles. The van der Waals surface area contributed by atoms with Gasteiger partial charge in [0.15, 0.2) is 11.5 Å². The number of carbonyl (C=O) groups excluding carboxylic acids is 2. The lowest BCUT2D eigenvalue weighted by Crippen LogP contribution is -2.31. The van der Waals surface area contributed by atoms with Crippen LogP contribution in [0.15, 0.2) is 34.9 Å². The fraction of sp³-hybridized carbons (Fsp3) is 0.542. The molecule has 0 spiro atoms. The van der Waals surface area contributed by atoms with Crippen LogP contribution in [-0.4, -0.2) is 28.4 Å². The van der Waals surface area contributed by atoms with Crippen LogP contribution in [0.4, 0.5) is 0 Å². The molecule has 6 nitrogen and oxygen atoms in total. The minimum Gasteiger partial charge on any atom is -0.359 e. The van der Waals surface area contributed by atoms with Crippen LogP contribution in [0.5, 0.6) is 0 Å². The predicted molar refractivity (Wildman–Crippen MR) is 116 cm³/mol. The molecule has 1 aromatic heterocycles. The van der Waals surface area contributed by atoms with E-state index >= 15 is 0 Å². The van der Waals surface area contributed by atoms with Crippen LogP contribution in [0.2, 0.25) is 0 Å². The van der Waals surface area contributed by atoms with E-state index in [0.717, 1.165) is 18.4 Å². The van der Waals surface area contributed by atoms with Crippen molar-refractivity contribution in [2.75, 3.05) is 6.54 Å². The lowest BCUT2D eigenvalue weighted by Gasteiger charge is -2.21. The first-order valence-corrected chi connectivity index (χ1v) is 11.1. The Morgan fingerprint density at radius 1 is 1.20 bits per heavy atom. The second kappa shape index (κ2) is 11.0. The average Bonchev–Trinajstić information content (AvgIpc) is 3.43. The Bertz CT molecular complexity index is 822. The fourth-order valence-electron chi connectivity index (χ4n) is 4.01. The van der Waals surface area contributed by atoms with Gasteiger partial charge in [-0.2, -0.15) is 0 Å². The van der Waals surface area contributed by atoms with Crippen molar-refractivity contribution in [1.82, 2.24) is 15.4 Å². The number of nitrogens with one attached hydrogen (secondary N) is 1. The van der Waals surface area contributed by atoms with E-state index in [-0.39, 0.29) is 17.5 Å². The summed E-state index contributed by atoms with van der Waals surface area (Å²) < 4.78 is 5.35. The molecule has 1 fully saturated rings. The SMILES string of the molecule is CCCN(Cc1cc(C(=O)NCc2ccc(C)cc2)no1)C(=O)CCC1CCCC1. The zero-order valence-corrected chi connectivity index (χ0v) is 18.2. The molecule has 0 saturated heterocycles. The second-order valence-corrected chi connectivity index (χ2v) is 8.35. The predicted octanol–water partition coefficient (Wildman–Crippen LogP) is 4.62. The van der Waals surface area contributed by atoms with Crippen LogP contribution in [0.25, 0.3) is 0 Å². The van der Waals surface area contributed by atoms with Gasteiger partial charge in [-0.15, -0.1) is 0 Å². The second-order valence-electron chi connectivity index (χ2n) is 8.35. The first-order chi connectivity index (χ1) is 14.5. The molecule has 162 valence electrons. The van der Waals surface area contributed by atoms with Gasteiger partial charge in [-0.3, -0.25) is 9.59 Å². The summed E-state index contributed by atoms with van der Waals surface area (Å²) in [7, 11) is 0. The van der Waals surface area contributed by atoms with Gasteiger partial charge in [0.25, 0.3) is 5.91 Å². The molecule has 1 aliphatic rings. The van der Waals surface area contributed by atoms with E-state index in [0.29, 0.717) is 37.7 Å². The van der Waals surface area contributed by atoms with E-state index in [2.05, 4.69) is 17.4 Å². The van der Waals surface area contributed by atoms with E-state index in [1.54, 1.807) is 6.07 Å². The summed E-state index contributed by atoms with van der Waals surface area (Å²) in [6.45, 7) is 5.56. The molecular weight excluding hydrogens is 378 g/mol. The molecule has 1 N–H and O–H groups in total. The Balaban J connectivity index is 1.51. The highest BCUT2D eigenvalue weighted by Crippen LogP contribution is 2.28. The summed E-state index contributed by atoms with van der Waals surface area (Å²) in [6, 6.07) is 9.65. The molecule has 6 heteroatoms. The summed E-state index contributed by atoms with van der Waals surface area (Å²) in [6.07, 6.45) is 7.54. The smallest absolute Gasteiger partial charge is 0.273 e. The van der Waals surface area contributed by atoms with Gasteiger partial charge in [0.1, 0.15) is 0 Å². The monoisotopic (exact) mass is 411 g/mol. The molecule has 0 radical (unpaired) electrons. The molecule has 2 aromatic rings.